The van der Waals surface area contributed by atoms with E-state index in [0.29, 0.717) is 0 Å². The molecule has 0 aliphatic carbocycles. The first-order valence-electron chi connectivity index (χ1n) is 12.6. The summed E-state index contributed by atoms with van der Waals surface area (Å²) < 4.78 is 0. The van der Waals surface area contributed by atoms with Gasteiger partial charge in [0, 0.05) is 29.1 Å². The molecule has 0 fully saturated rings. The van der Waals surface area contributed by atoms with Crippen molar-refractivity contribution in [3.8, 4) is 28.8 Å². The minimum absolute atomic E-state index is 0.0232. The first-order valence-corrected chi connectivity index (χ1v) is 12.6. The van der Waals surface area contributed by atoms with E-state index in [1.807, 2.05) is 0 Å². The monoisotopic (exact) mass is 474 g/mol. The Kier molecular flexibility index (Phi) is 7.87. The maximum absolute atomic E-state index is 7.32. The van der Waals surface area contributed by atoms with E-state index in [9.17, 15) is 0 Å². The van der Waals surface area contributed by atoms with Gasteiger partial charge in [-0.2, -0.15) is 5.26 Å². The summed E-state index contributed by atoms with van der Waals surface area (Å²) >= 11 is 0. The number of rotatable bonds is 2. The fourth-order valence-corrected chi connectivity index (χ4v) is 4.02. The lowest BCUT2D eigenvalue weighted by Gasteiger charge is -2.20. The van der Waals surface area contributed by atoms with Crippen molar-refractivity contribution < 1.29 is 0 Å². The molecule has 0 aliphatic rings. The molecule has 3 heterocycles. The van der Waals surface area contributed by atoms with E-state index in [-0.39, 0.29) is 21.7 Å². The third-order valence-electron chi connectivity index (χ3n) is 6.13. The standard InChI is InChI=1S/C29H43N3.C2H3N/c1-26(2,3)18-16-22(28(7,8)9)31-24(18)20-14-13-15-21(30-20)25-19(27(4,5)6)17-23(32-25)29(10,11)12;1-2-3/h13-17,31-32H,1-12H3;1H3. The number of aromatic nitrogens is 3. The van der Waals surface area contributed by atoms with Gasteiger partial charge in [-0.05, 0) is 46.2 Å². The molecular formula is C31H46N4. The molecule has 0 aliphatic heterocycles. The molecule has 0 unspecified atom stereocenters. The van der Waals surface area contributed by atoms with Crippen molar-refractivity contribution in [2.45, 2.75) is 112 Å². The van der Waals surface area contributed by atoms with Crippen LogP contribution < -0.4 is 0 Å². The predicted molar refractivity (Wildman–Crippen MR) is 150 cm³/mol. The average Bonchev–Trinajstić information content (AvgIpc) is 3.33. The van der Waals surface area contributed by atoms with Gasteiger partial charge in [0.15, 0.2) is 0 Å². The molecular weight excluding hydrogens is 428 g/mol. The second-order valence-electron chi connectivity index (χ2n) is 13.6. The summed E-state index contributed by atoms with van der Waals surface area (Å²) in [6, 6.07) is 12.8. The summed E-state index contributed by atoms with van der Waals surface area (Å²) in [5, 5.41) is 7.32. The first kappa shape index (κ1) is 28.4. The van der Waals surface area contributed by atoms with Crippen LogP contribution in [0, 0.1) is 11.3 Å². The average molecular weight is 475 g/mol. The Hall–Kier alpha value is -2.80. The summed E-state index contributed by atoms with van der Waals surface area (Å²) in [5.41, 5.74) is 9.51. The van der Waals surface area contributed by atoms with Crippen LogP contribution in [0.25, 0.3) is 22.8 Å². The molecule has 0 bridgehead atoms. The number of nitrogens with one attached hydrogen (secondary N) is 2. The third kappa shape index (κ3) is 6.66. The zero-order valence-electron chi connectivity index (χ0n) is 24.3. The highest BCUT2D eigenvalue weighted by Crippen LogP contribution is 2.39. The van der Waals surface area contributed by atoms with Crippen molar-refractivity contribution in [1.29, 1.82) is 5.26 Å². The molecule has 2 N–H and O–H groups in total. The molecule has 3 aromatic heterocycles. The smallest absolute Gasteiger partial charge is 0.0875 e. The van der Waals surface area contributed by atoms with E-state index in [1.165, 1.54) is 29.4 Å². The summed E-state index contributed by atoms with van der Waals surface area (Å²) in [6.07, 6.45) is 0. The second kappa shape index (κ2) is 9.69. The van der Waals surface area contributed by atoms with Gasteiger partial charge in [0.05, 0.1) is 28.8 Å². The van der Waals surface area contributed by atoms with E-state index in [2.05, 4.69) is 123 Å². The van der Waals surface area contributed by atoms with Crippen molar-refractivity contribution in [3.63, 3.8) is 0 Å². The van der Waals surface area contributed by atoms with Crippen molar-refractivity contribution in [2.75, 3.05) is 0 Å². The van der Waals surface area contributed by atoms with Crippen LogP contribution in [-0.4, -0.2) is 15.0 Å². The van der Waals surface area contributed by atoms with Gasteiger partial charge in [0.1, 0.15) is 0 Å². The molecule has 0 saturated heterocycles. The van der Waals surface area contributed by atoms with E-state index < -0.39 is 0 Å². The molecule has 0 radical (unpaired) electrons. The third-order valence-corrected chi connectivity index (χ3v) is 6.13. The van der Waals surface area contributed by atoms with Crippen LogP contribution in [0.4, 0.5) is 0 Å². The van der Waals surface area contributed by atoms with Gasteiger partial charge in [0.25, 0.3) is 0 Å². The molecule has 190 valence electrons. The number of hydrogen-bond acceptors (Lipinski definition) is 2. The molecule has 3 aromatic rings. The highest BCUT2D eigenvalue weighted by atomic mass is 14.9. The molecule has 0 aromatic carbocycles. The molecule has 35 heavy (non-hydrogen) atoms. The van der Waals surface area contributed by atoms with Crippen LogP contribution in [0.15, 0.2) is 30.3 Å². The first-order chi connectivity index (χ1) is 15.8. The van der Waals surface area contributed by atoms with Gasteiger partial charge >= 0.3 is 0 Å². The van der Waals surface area contributed by atoms with Crippen LogP contribution in [0.1, 0.15) is 113 Å². The van der Waals surface area contributed by atoms with Crippen LogP contribution in [0.5, 0.6) is 0 Å². The van der Waals surface area contributed by atoms with Crippen molar-refractivity contribution >= 4 is 0 Å². The summed E-state index contributed by atoms with van der Waals surface area (Å²) in [7, 11) is 0. The Labute approximate surface area is 213 Å². The fourth-order valence-electron chi connectivity index (χ4n) is 4.02. The number of H-pyrrole nitrogens is 2. The number of pyridine rings is 1. The molecule has 4 nitrogen and oxygen atoms in total. The second-order valence-corrected chi connectivity index (χ2v) is 13.6. The predicted octanol–water partition coefficient (Wildman–Crippen LogP) is 8.79. The van der Waals surface area contributed by atoms with Crippen LogP contribution >= 0.6 is 0 Å². The van der Waals surface area contributed by atoms with Gasteiger partial charge < -0.3 is 9.97 Å². The highest BCUT2D eigenvalue weighted by molar-refractivity contribution is 5.69. The number of nitrogens with zero attached hydrogens (tertiary/aromatic N) is 2. The number of aromatic amines is 2. The van der Waals surface area contributed by atoms with E-state index in [4.69, 9.17) is 10.2 Å². The lowest BCUT2D eigenvalue weighted by atomic mass is 9.84. The Balaban J connectivity index is 0.00000137. The van der Waals surface area contributed by atoms with Crippen LogP contribution in [0.3, 0.4) is 0 Å². The van der Waals surface area contributed by atoms with Gasteiger partial charge in [-0.25, -0.2) is 4.98 Å². The van der Waals surface area contributed by atoms with Crippen LogP contribution in [0.2, 0.25) is 0 Å². The SMILES string of the molecule is CC#N.CC(C)(C)c1cc(C(C)(C)C)c(-c2cccc(-c3[nH]c(C(C)(C)C)cc3C(C)(C)C)n2)[nH]1. The van der Waals surface area contributed by atoms with E-state index in [0.717, 1.165) is 22.8 Å². The zero-order chi connectivity index (χ0) is 27.0. The highest BCUT2D eigenvalue weighted by Gasteiger charge is 2.28. The minimum atomic E-state index is 0.0232. The summed E-state index contributed by atoms with van der Waals surface area (Å²) in [4.78, 5) is 12.6. The van der Waals surface area contributed by atoms with Crippen molar-refractivity contribution in [3.05, 3.63) is 52.8 Å². The molecule has 4 heteroatoms. The topological polar surface area (TPSA) is 68.3 Å². The van der Waals surface area contributed by atoms with Crippen LogP contribution in [-0.2, 0) is 21.7 Å². The van der Waals surface area contributed by atoms with E-state index in [1.54, 1.807) is 6.07 Å². The maximum Gasteiger partial charge on any atom is 0.0875 e. The summed E-state index contributed by atoms with van der Waals surface area (Å²) in [5.74, 6) is 0. The largest absolute Gasteiger partial charge is 0.356 e. The molecule has 0 spiro atoms. The van der Waals surface area contributed by atoms with Gasteiger partial charge in [-0.15, -0.1) is 0 Å². The Bertz CT molecular complexity index is 1100. The minimum Gasteiger partial charge on any atom is -0.356 e. The number of nitriles is 1. The lowest BCUT2D eigenvalue weighted by molar-refractivity contribution is 0.569. The molecule has 0 amide bonds. The Morgan fingerprint density at radius 2 is 0.943 bits per heavy atom. The zero-order valence-corrected chi connectivity index (χ0v) is 24.3. The van der Waals surface area contributed by atoms with Gasteiger partial charge in [0.2, 0.25) is 0 Å². The Morgan fingerprint density at radius 3 is 1.20 bits per heavy atom. The Morgan fingerprint density at radius 1 is 0.629 bits per heavy atom. The maximum atomic E-state index is 7.32. The molecule has 0 saturated carbocycles. The normalized spacial score (nSPS) is 12.7. The quantitative estimate of drug-likeness (QED) is 0.389. The fraction of sp³-hybridized carbons (Fsp3) is 0.548. The van der Waals surface area contributed by atoms with Crippen molar-refractivity contribution in [1.82, 2.24) is 15.0 Å². The van der Waals surface area contributed by atoms with Gasteiger partial charge in [-0.1, -0.05) is 89.2 Å². The van der Waals surface area contributed by atoms with Crippen molar-refractivity contribution in [2.24, 2.45) is 0 Å². The summed E-state index contributed by atoms with van der Waals surface area (Å²) in [6.45, 7) is 28.6. The molecule has 3 rings (SSSR count). The number of hydrogen-bond donors (Lipinski definition) is 2. The van der Waals surface area contributed by atoms with E-state index >= 15 is 0 Å². The lowest BCUT2D eigenvalue weighted by Crippen LogP contribution is -2.13. The molecule has 0 atom stereocenters. The van der Waals surface area contributed by atoms with Gasteiger partial charge in [-0.3, -0.25) is 0 Å².